The van der Waals surface area contributed by atoms with Crippen molar-refractivity contribution in [2.75, 3.05) is 13.1 Å². The topological polar surface area (TPSA) is 46.1 Å². The molecular weight excluding hydrogens is 282 g/mol. The first-order valence-corrected chi connectivity index (χ1v) is 8.20. The van der Waals surface area contributed by atoms with E-state index in [1.807, 2.05) is 16.5 Å². The normalized spacial score (nSPS) is 18.7. The maximum absolute atomic E-state index is 11.5. The van der Waals surface area contributed by atoms with E-state index in [-0.39, 0.29) is 5.91 Å². The molecule has 1 atom stereocenters. The van der Waals surface area contributed by atoms with Gasteiger partial charge in [-0.25, -0.2) is 4.98 Å². The maximum Gasteiger partial charge on any atom is 0.219 e. The van der Waals surface area contributed by atoms with Gasteiger partial charge in [0, 0.05) is 37.8 Å². The molecule has 110 valence electrons. The first-order chi connectivity index (χ1) is 10.2. The molecule has 0 spiro atoms. The van der Waals surface area contributed by atoms with Gasteiger partial charge in [0.15, 0.2) is 0 Å². The Morgan fingerprint density at radius 2 is 2.33 bits per heavy atom. The lowest BCUT2D eigenvalue weighted by Gasteiger charge is -2.32. The van der Waals surface area contributed by atoms with Crippen LogP contribution in [-0.4, -0.2) is 33.9 Å². The van der Waals surface area contributed by atoms with E-state index in [1.165, 1.54) is 12.0 Å². The number of carbonyl (C=O) groups is 1. The van der Waals surface area contributed by atoms with Gasteiger partial charge in [-0.3, -0.25) is 9.78 Å². The van der Waals surface area contributed by atoms with E-state index >= 15 is 0 Å². The third-order valence-corrected chi connectivity index (χ3v) is 4.76. The van der Waals surface area contributed by atoms with Crippen LogP contribution >= 0.6 is 11.3 Å². The van der Waals surface area contributed by atoms with Crippen molar-refractivity contribution >= 4 is 17.2 Å². The smallest absolute Gasteiger partial charge is 0.219 e. The van der Waals surface area contributed by atoms with Crippen LogP contribution < -0.4 is 0 Å². The van der Waals surface area contributed by atoms with Crippen molar-refractivity contribution in [3.63, 3.8) is 0 Å². The fourth-order valence-electron chi connectivity index (χ4n) is 2.92. The summed E-state index contributed by atoms with van der Waals surface area (Å²) in [6.07, 6.45) is 6.97. The van der Waals surface area contributed by atoms with Crippen molar-refractivity contribution in [1.82, 2.24) is 14.9 Å². The predicted octanol–water partition coefficient (Wildman–Crippen LogP) is 3.01. The highest BCUT2D eigenvalue weighted by Gasteiger charge is 2.21. The lowest BCUT2D eigenvalue weighted by molar-refractivity contribution is -0.130. The fourth-order valence-corrected chi connectivity index (χ4v) is 3.52. The Bertz CT molecular complexity index is 612. The monoisotopic (exact) mass is 301 g/mol. The number of piperidine rings is 1. The molecule has 2 aromatic heterocycles. The van der Waals surface area contributed by atoms with Gasteiger partial charge >= 0.3 is 0 Å². The van der Waals surface area contributed by atoms with E-state index in [0.717, 1.165) is 36.6 Å². The number of hydrogen-bond acceptors (Lipinski definition) is 4. The molecule has 1 saturated heterocycles. The molecule has 1 aliphatic rings. The summed E-state index contributed by atoms with van der Waals surface area (Å²) in [4.78, 5) is 22.2. The molecule has 21 heavy (non-hydrogen) atoms. The highest BCUT2D eigenvalue weighted by atomic mass is 32.1. The summed E-state index contributed by atoms with van der Waals surface area (Å²) >= 11 is 1.61. The van der Waals surface area contributed by atoms with Crippen LogP contribution in [-0.2, 0) is 11.2 Å². The summed E-state index contributed by atoms with van der Waals surface area (Å²) < 4.78 is 0. The number of rotatable bonds is 3. The molecule has 2 aromatic rings. The zero-order chi connectivity index (χ0) is 14.7. The van der Waals surface area contributed by atoms with Crippen molar-refractivity contribution in [1.29, 1.82) is 0 Å². The minimum absolute atomic E-state index is 0.193. The van der Waals surface area contributed by atoms with Crippen LogP contribution in [0.3, 0.4) is 0 Å². The van der Waals surface area contributed by atoms with Gasteiger partial charge in [-0.1, -0.05) is 0 Å². The van der Waals surface area contributed by atoms with Gasteiger partial charge in [0.1, 0.15) is 5.01 Å². The van der Waals surface area contributed by atoms with Gasteiger partial charge < -0.3 is 4.90 Å². The molecule has 1 aliphatic heterocycles. The summed E-state index contributed by atoms with van der Waals surface area (Å²) in [5, 5.41) is 2.93. The summed E-state index contributed by atoms with van der Waals surface area (Å²) in [5.41, 5.74) is 2.23. The van der Waals surface area contributed by atoms with Crippen molar-refractivity contribution in [2.24, 2.45) is 5.92 Å². The van der Waals surface area contributed by atoms with Gasteiger partial charge in [0.25, 0.3) is 0 Å². The minimum Gasteiger partial charge on any atom is -0.343 e. The Morgan fingerprint density at radius 1 is 1.43 bits per heavy atom. The van der Waals surface area contributed by atoms with Gasteiger partial charge in [-0.05, 0) is 42.9 Å². The summed E-state index contributed by atoms with van der Waals surface area (Å²) in [6, 6.07) is 4.20. The molecule has 0 bridgehead atoms. The highest BCUT2D eigenvalue weighted by molar-refractivity contribution is 7.13. The first-order valence-electron chi connectivity index (χ1n) is 7.32. The van der Waals surface area contributed by atoms with Gasteiger partial charge in [-0.2, -0.15) is 0 Å². The Kier molecular flexibility index (Phi) is 4.29. The second kappa shape index (κ2) is 6.35. The third kappa shape index (κ3) is 3.47. The SMILES string of the molecule is CC(=O)N1CCC[C@H](Cc2ccnc(-c3nccs3)c2)C1. The number of hydrogen-bond donors (Lipinski definition) is 0. The molecule has 0 N–H and O–H groups in total. The quantitative estimate of drug-likeness (QED) is 0.875. The van der Waals surface area contributed by atoms with Crippen LogP contribution in [0.25, 0.3) is 10.7 Å². The first kappa shape index (κ1) is 14.2. The second-order valence-corrected chi connectivity index (χ2v) is 6.46. The van der Waals surface area contributed by atoms with Gasteiger partial charge in [0.2, 0.25) is 5.91 Å². The molecular formula is C16H19N3OS. The van der Waals surface area contributed by atoms with E-state index in [2.05, 4.69) is 22.1 Å². The van der Waals surface area contributed by atoms with Crippen LogP contribution in [0.2, 0.25) is 0 Å². The Hall–Kier alpha value is -1.75. The van der Waals surface area contributed by atoms with Crippen LogP contribution in [0.1, 0.15) is 25.3 Å². The number of pyridine rings is 1. The Balaban J connectivity index is 1.70. The second-order valence-electron chi connectivity index (χ2n) is 5.56. The number of likely N-dealkylation sites (tertiary alicyclic amines) is 1. The molecule has 1 fully saturated rings. The molecule has 4 nitrogen and oxygen atoms in total. The molecule has 0 aliphatic carbocycles. The molecule has 1 amide bonds. The van der Waals surface area contributed by atoms with E-state index in [0.29, 0.717) is 5.92 Å². The number of carbonyl (C=O) groups excluding carboxylic acids is 1. The lowest BCUT2D eigenvalue weighted by atomic mass is 9.91. The molecule has 0 aromatic carbocycles. The van der Waals surface area contributed by atoms with Crippen molar-refractivity contribution in [3.05, 3.63) is 35.5 Å². The van der Waals surface area contributed by atoms with E-state index < -0.39 is 0 Å². The molecule has 3 rings (SSSR count). The van der Waals surface area contributed by atoms with E-state index in [4.69, 9.17) is 0 Å². The molecule has 0 saturated carbocycles. The number of aromatic nitrogens is 2. The van der Waals surface area contributed by atoms with E-state index in [9.17, 15) is 4.79 Å². The number of thiazole rings is 1. The predicted molar refractivity (Wildman–Crippen MR) is 84.0 cm³/mol. The fraction of sp³-hybridized carbons (Fsp3) is 0.438. The van der Waals surface area contributed by atoms with Crippen molar-refractivity contribution in [3.8, 4) is 10.7 Å². The Morgan fingerprint density at radius 3 is 3.10 bits per heavy atom. The van der Waals surface area contributed by atoms with Crippen molar-refractivity contribution < 1.29 is 4.79 Å². The third-order valence-electron chi connectivity index (χ3n) is 3.96. The van der Waals surface area contributed by atoms with Gasteiger partial charge in [-0.15, -0.1) is 11.3 Å². The van der Waals surface area contributed by atoms with Crippen LogP contribution in [0.5, 0.6) is 0 Å². The summed E-state index contributed by atoms with van der Waals surface area (Å²) in [7, 11) is 0. The summed E-state index contributed by atoms with van der Waals surface area (Å²) in [5.74, 6) is 0.743. The van der Waals surface area contributed by atoms with Crippen molar-refractivity contribution in [2.45, 2.75) is 26.2 Å². The van der Waals surface area contributed by atoms with E-state index in [1.54, 1.807) is 24.5 Å². The van der Waals surface area contributed by atoms with Crippen LogP contribution in [0.15, 0.2) is 29.9 Å². The summed E-state index contributed by atoms with van der Waals surface area (Å²) in [6.45, 7) is 3.45. The highest BCUT2D eigenvalue weighted by Crippen LogP contribution is 2.24. The van der Waals surface area contributed by atoms with Crippen LogP contribution in [0, 0.1) is 5.92 Å². The zero-order valence-corrected chi connectivity index (χ0v) is 13.0. The molecule has 0 unspecified atom stereocenters. The molecule has 5 heteroatoms. The molecule has 0 radical (unpaired) electrons. The minimum atomic E-state index is 0.193. The average molecular weight is 301 g/mol. The average Bonchev–Trinajstić information content (AvgIpc) is 3.02. The zero-order valence-electron chi connectivity index (χ0n) is 12.2. The lowest BCUT2D eigenvalue weighted by Crippen LogP contribution is -2.39. The largest absolute Gasteiger partial charge is 0.343 e. The molecule has 3 heterocycles. The van der Waals surface area contributed by atoms with Crippen LogP contribution in [0.4, 0.5) is 0 Å². The van der Waals surface area contributed by atoms with Gasteiger partial charge in [0.05, 0.1) is 5.69 Å². The standard InChI is InChI=1S/C16H19N3OS/c1-12(20)19-7-2-3-14(11-19)9-13-4-5-17-15(10-13)16-18-6-8-21-16/h4-6,8,10,14H,2-3,7,9,11H2,1H3/t14-/m1/s1. The number of amides is 1. The maximum atomic E-state index is 11.5. The number of nitrogens with zero attached hydrogens (tertiary/aromatic N) is 3. The Labute approximate surface area is 128 Å².